The Labute approximate surface area is 247 Å². The minimum Gasteiger partial charge on any atom is -0.481 e. The maximum atomic E-state index is 11.0. The summed E-state index contributed by atoms with van der Waals surface area (Å²) in [6.07, 6.45) is 12.9. The number of carboxylic acid groups (broad SMARTS) is 1. The second-order valence-corrected chi connectivity index (χ2v) is 11.8. The van der Waals surface area contributed by atoms with Gasteiger partial charge >= 0.3 is 5.97 Å². The predicted molar refractivity (Wildman–Crippen MR) is 165 cm³/mol. The number of aliphatic hydroxyl groups is 4. The molecule has 0 fully saturated rings. The van der Waals surface area contributed by atoms with Gasteiger partial charge in [-0.25, -0.2) is 0 Å². The topological polar surface area (TPSA) is 130 Å². The van der Waals surface area contributed by atoms with Crippen LogP contribution in [0.2, 0.25) is 0 Å². The molecule has 7 nitrogen and oxygen atoms in total. The molecule has 5 unspecified atom stereocenters. The van der Waals surface area contributed by atoms with Crippen LogP contribution < -0.4 is 5.32 Å². The lowest BCUT2D eigenvalue weighted by Crippen LogP contribution is -2.43. The van der Waals surface area contributed by atoms with Crippen LogP contribution in [0.3, 0.4) is 0 Å². The molecule has 6 N–H and O–H groups in total. The predicted octanol–water partition coefficient (Wildman–Crippen LogP) is 5.09. The molecule has 0 radical (unpaired) electrons. The van der Waals surface area contributed by atoms with E-state index in [1.54, 1.807) is 6.92 Å². The second kappa shape index (κ2) is 20.0. The van der Waals surface area contributed by atoms with Gasteiger partial charge in [0, 0.05) is 19.0 Å². The molecule has 0 amide bonds. The Bertz CT molecular complexity index is 943. The van der Waals surface area contributed by atoms with Crippen LogP contribution in [0.15, 0.2) is 47.6 Å². The average molecular weight is 574 g/mol. The zero-order valence-electron chi connectivity index (χ0n) is 25.3. The summed E-state index contributed by atoms with van der Waals surface area (Å²) in [5, 5.41) is 54.1. The molecule has 0 aliphatic heterocycles. The molecule has 41 heavy (non-hydrogen) atoms. The quantitative estimate of drug-likeness (QED) is 0.135. The Morgan fingerprint density at radius 2 is 1.76 bits per heavy atom. The summed E-state index contributed by atoms with van der Waals surface area (Å²) in [4.78, 5) is 11.0. The van der Waals surface area contributed by atoms with Crippen LogP contribution in [0.5, 0.6) is 0 Å². The molecule has 0 saturated heterocycles. The molecule has 1 aliphatic rings. The number of aryl methyl sites for hydroxylation is 2. The molecule has 0 spiro atoms. The van der Waals surface area contributed by atoms with Gasteiger partial charge in [-0.1, -0.05) is 75.4 Å². The Morgan fingerprint density at radius 3 is 2.41 bits per heavy atom. The van der Waals surface area contributed by atoms with Crippen LogP contribution >= 0.6 is 0 Å². The highest BCUT2D eigenvalue weighted by molar-refractivity contribution is 5.66. The van der Waals surface area contributed by atoms with Gasteiger partial charge in [0.15, 0.2) is 0 Å². The van der Waals surface area contributed by atoms with Crippen LogP contribution in [0.4, 0.5) is 0 Å². The highest BCUT2D eigenvalue weighted by atomic mass is 16.4. The van der Waals surface area contributed by atoms with Gasteiger partial charge in [0.2, 0.25) is 0 Å². The highest BCUT2D eigenvalue weighted by Gasteiger charge is 2.29. The first-order valence-corrected chi connectivity index (χ1v) is 15.8. The summed E-state index contributed by atoms with van der Waals surface area (Å²) in [6, 6.07) is 8.41. The minimum absolute atomic E-state index is 0.132. The highest BCUT2D eigenvalue weighted by Crippen LogP contribution is 2.33. The van der Waals surface area contributed by atoms with Crippen molar-refractivity contribution in [3.63, 3.8) is 0 Å². The number of allylic oxidation sites excluding steroid dienone is 2. The molecular weight excluding hydrogens is 518 g/mol. The molecular formula is C34H55NO6. The number of rotatable bonds is 18. The molecule has 0 aromatic heterocycles. The molecule has 2 rings (SSSR count). The van der Waals surface area contributed by atoms with Crippen molar-refractivity contribution in [3.8, 4) is 0 Å². The fraction of sp³-hybridized carbons (Fsp3) is 0.676. The van der Waals surface area contributed by atoms with E-state index in [2.05, 4.69) is 36.5 Å². The largest absolute Gasteiger partial charge is 0.481 e. The third-order valence-electron chi connectivity index (χ3n) is 8.21. The van der Waals surface area contributed by atoms with E-state index in [0.717, 1.165) is 75.4 Å². The van der Waals surface area contributed by atoms with Gasteiger partial charge in [-0.3, -0.25) is 4.79 Å². The maximum Gasteiger partial charge on any atom is 0.303 e. The maximum absolute atomic E-state index is 11.0. The summed E-state index contributed by atoms with van der Waals surface area (Å²) < 4.78 is 0. The number of unbranched alkanes of at least 4 members (excludes halogenated alkanes) is 4. The van der Waals surface area contributed by atoms with Crippen molar-refractivity contribution in [3.05, 3.63) is 58.7 Å². The van der Waals surface area contributed by atoms with Crippen LogP contribution in [0.1, 0.15) is 102 Å². The van der Waals surface area contributed by atoms with E-state index in [0.29, 0.717) is 25.8 Å². The Kier molecular flexibility index (Phi) is 17.1. The number of nitrogens with one attached hydrogen (secondary N) is 1. The zero-order chi connectivity index (χ0) is 30.0. The molecule has 1 aromatic rings. The lowest BCUT2D eigenvalue weighted by molar-refractivity contribution is -0.137. The van der Waals surface area contributed by atoms with E-state index in [4.69, 9.17) is 5.11 Å². The van der Waals surface area contributed by atoms with Gasteiger partial charge in [-0.05, 0) is 86.5 Å². The third-order valence-corrected chi connectivity index (χ3v) is 8.21. The Balaban J connectivity index is 2.53. The zero-order valence-corrected chi connectivity index (χ0v) is 25.3. The molecule has 0 saturated carbocycles. The number of carbonyl (C=O) groups is 1. The molecule has 232 valence electrons. The number of aliphatic carboxylic acids is 1. The van der Waals surface area contributed by atoms with E-state index in [-0.39, 0.29) is 25.0 Å². The molecule has 5 atom stereocenters. The Hall–Kier alpha value is -2.03. The first-order chi connectivity index (χ1) is 19.7. The number of benzene rings is 1. The summed E-state index contributed by atoms with van der Waals surface area (Å²) >= 11 is 0. The van der Waals surface area contributed by atoms with Crippen LogP contribution in [-0.2, 0) is 17.6 Å². The summed E-state index contributed by atoms with van der Waals surface area (Å²) in [5.41, 5.74) is 4.72. The van der Waals surface area contributed by atoms with Gasteiger partial charge in [-0.15, -0.1) is 0 Å². The molecule has 1 aliphatic carbocycles. The van der Waals surface area contributed by atoms with E-state index >= 15 is 0 Å². The number of carboxylic acids is 1. The number of aliphatic hydroxyl groups excluding tert-OH is 4. The fourth-order valence-corrected chi connectivity index (χ4v) is 5.92. The summed E-state index contributed by atoms with van der Waals surface area (Å²) in [6.45, 7) is 3.95. The molecule has 7 heteroatoms. The van der Waals surface area contributed by atoms with Crippen LogP contribution in [-0.4, -0.2) is 69.0 Å². The standard InChI is InChI=1S/C34H55NO6/c1-3-4-6-14-30(38)21-20-28-18-16-26-11-9-10-12-27(26)17-19-29(13-7-5-8-15-33(40)41)34(35-23-25(2)37)32(28)22-31(39)24-36/h9-12,20-21,25,29-31,34-39H,3-8,13-19,22-24H2,1-2H3,(H,40,41). The lowest BCUT2D eigenvalue weighted by atomic mass is 9.78. The van der Waals surface area contributed by atoms with Crippen molar-refractivity contribution in [2.24, 2.45) is 5.92 Å². The minimum atomic E-state index is -0.912. The number of fused-ring (bicyclic) bond motifs is 1. The van der Waals surface area contributed by atoms with Gasteiger partial charge in [0.1, 0.15) is 0 Å². The molecule has 1 aromatic carbocycles. The van der Waals surface area contributed by atoms with Crippen molar-refractivity contribution in [2.45, 2.75) is 128 Å². The first kappa shape index (κ1) is 35.2. The lowest BCUT2D eigenvalue weighted by Gasteiger charge is -2.34. The van der Waals surface area contributed by atoms with Gasteiger partial charge in [0.05, 0.1) is 24.9 Å². The molecule has 0 heterocycles. The Morgan fingerprint density at radius 1 is 1.02 bits per heavy atom. The van der Waals surface area contributed by atoms with Crippen molar-refractivity contribution in [1.29, 1.82) is 0 Å². The van der Waals surface area contributed by atoms with E-state index in [1.807, 2.05) is 12.2 Å². The normalized spacial score (nSPS) is 20.5. The van der Waals surface area contributed by atoms with E-state index in [9.17, 15) is 25.2 Å². The summed E-state index contributed by atoms with van der Waals surface area (Å²) in [5.74, 6) is -0.586. The van der Waals surface area contributed by atoms with Gasteiger partial charge in [-0.2, -0.15) is 0 Å². The van der Waals surface area contributed by atoms with Gasteiger partial charge < -0.3 is 30.8 Å². The van der Waals surface area contributed by atoms with E-state index < -0.39 is 24.3 Å². The first-order valence-electron chi connectivity index (χ1n) is 15.8. The number of hydrogen-bond acceptors (Lipinski definition) is 6. The van der Waals surface area contributed by atoms with Gasteiger partial charge in [0.25, 0.3) is 0 Å². The average Bonchev–Trinajstić information content (AvgIpc) is 2.94. The smallest absolute Gasteiger partial charge is 0.303 e. The third kappa shape index (κ3) is 13.7. The number of hydrogen-bond donors (Lipinski definition) is 6. The van der Waals surface area contributed by atoms with Crippen LogP contribution in [0, 0.1) is 5.92 Å². The van der Waals surface area contributed by atoms with Crippen molar-refractivity contribution in [1.82, 2.24) is 5.32 Å². The van der Waals surface area contributed by atoms with Crippen molar-refractivity contribution >= 4 is 5.97 Å². The van der Waals surface area contributed by atoms with Crippen molar-refractivity contribution in [2.75, 3.05) is 13.2 Å². The van der Waals surface area contributed by atoms with E-state index in [1.165, 1.54) is 11.1 Å². The summed E-state index contributed by atoms with van der Waals surface area (Å²) in [7, 11) is 0. The van der Waals surface area contributed by atoms with Crippen molar-refractivity contribution < 1.29 is 30.3 Å². The second-order valence-electron chi connectivity index (χ2n) is 11.8. The molecule has 0 bridgehead atoms. The monoisotopic (exact) mass is 573 g/mol. The SMILES string of the molecule is CCCCCC(O)C=CC1=C(CC(O)CO)C(NCC(C)O)C(CCCCCC(=O)O)CCc2ccccc2CC1. The van der Waals surface area contributed by atoms with Crippen LogP contribution in [0.25, 0.3) is 0 Å². The fourth-order valence-electron chi connectivity index (χ4n) is 5.92.